The van der Waals surface area contributed by atoms with Crippen molar-refractivity contribution in [3.63, 3.8) is 0 Å². The van der Waals surface area contributed by atoms with Crippen LogP contribution >= 0.6 is 0 Å². The standard InChI is InChI=1S/C13H22O2/c1-2-3-10-13-14-11-8-6-4-5-7-9-12(11)15-13/h4-5,11-13H,2-3,6-10H2,1H3/b5-4+. The minimum atomic E-state index is 0.0815. The monoisotopic (exact) mass is 210 g/mol. The molecule has 1 saturated heterocycles. The van der Waals surface area contributed by atoms with Crippen LogP contribution < -0.4 is 0 Å². The van der Waals surface area contributed by atoms with Gasteiger partial charge in [0.05, 0.1) is 12.2 Å². The van der Waals surface area contributed by atoms with Gasteiger partial charge in [0.2, 0.25) is 0 Å². The van der Waals surface area contributed by atoms with E-state index >= 15 is 0 Å². The summed E-state index contributed by atoms with van der Waals surface area (Å²) in [5.74, 6) is 0. The van der Waals surface area contributed by atoms with E-state index in [1.54, 1.807) is 0 Å². The molecule has 2 aliphatic rings. The summed E-state index contributed by atoms with van der Waals surface area (Å²) in [6.45, 7) is 2.21. The molecule has 0 spiro atoms. The molecular weight excluding hydrogens is 188 g/mol. The fraction of sp³-hybridized carbons (Fsp3) is 0.846. The van der Waals surface area contributed by atoms with E-state index in [2.05, 4.69) is 19.1 Å². The molecule has 1 heterocycles. The molecule has 0 aromatic heterocycles. The van der Waals surface area contributed by atoms with Crippen molar-refractivity contribution in [2.45, 2.75) is 70.4 Å². The summed E-state index contributed by atoms with van der Waals surface area (Å²) in [5.41, 5.74) is 0. The maximum absolute atomic E-state index is 5.95. The molecular formula is C13H22O2. The van der Waals surface area contributed by atoms with E-state index in [1.807, 2.05) is 0 Å². The summed E-state index contributed by atoms with van der Waals surface area (Å²) >= 11 is 0. The molecule has 86 valence electrons. The second-order valence-corrected chi connectivity index (χ2v) is 4.55. The Bertz CT molecular complexity index is 195. The van der Waals surface area contributed by atoms with Gasteiger partial charge in [0.15, 0.2) is 6.29 Å². The molecule has 2 nitrogen and oxygen atoms in total. The Morgan fingerprint density at radius 1 is 1.07 bits per heavy atom. The zero-order chi connectivity index (χ0) is 10.5. The van der Waals surface area contributed by atoms with Crippen molar-refractivity contribution >= 4 is 0 Å². The van der Waals surface area contributed by atoms with Crippen LogP contribution in [0.4, 0.5) is 0 Å². The van der Waals surface area contributed by atoms with E-state index in [0.29, 0.717) is 12.2 Å². The highest BCUT2D eigenvalue weighted by molar-refractivity contribution is 4.90. The van der Waals surface area contributed by atoms with E-state index in [9.17, 15) is 0 Å². The van der Waals surface area contributed by atoms with Gasteiger partial charge < -0.3 is 9.47 Å². The van der Waals surface area contributed by atoms with E-state index in [0.717, 1.165) is 32.1 Å². The fourth-order valence-electron chi connectivity index (χ4n) is 2.37. The van der Waals surface area contributed by atoms with Crippen molar-refractivity contribution < 1.29 is 9.47 Å². The molecule has 1 aliphatic carbocycles. The lowest BCUT2D eigenvalue weighted by Gasteiger charge is -2.16. The summed E-state index contributed by atoms with van der Waals surface area (Å²) in [6.07, 6.45) is 13.4. The number of hydrogen-bond acceptors (Lipinski definition) is 2. The fourth-order valence-corrected chi connectivity index (χ4v) is 2.37. The predicted octanol–water partition coefficient (Wildman–Crippen LogP) is 3.42. The highest BCUT2D eigenvalue weighted by atomic mass is 16.7. The molecule has 0 aromatic carbocycles. The Morgan fingerprint density at radius 3 is 2.20 bits per heavy atom. The third-order valence-electron chi connectivity index (χ3n) is 3.26. The quantitative estimate of drug-likeness (QED) is 0.664. The van der Waals surface area contributed by atoms with Crippen molar-refractivity contribution in [3.8, 4) is 0 Å². The summed E-state index contributed by atoms with van der Waals surface area (Å²) < 4.78 is 11.9. The Labute approximate surface area is 92.6 Å². The second-order valence-electron chi connectivity index (χ2n) is 4.55. The van der Waals surface area contributed by atoms with Gasteiger partial charge in [-0.1, -0.05) is 25.5 Å². The first-order valence-corrected chi connectivity index (χ1v) is 6.36. The van der Waals surface area contributed by atoms with Gasteiger partial charge in [0.1, 0.15) is 0 Å². The topological polar surface area (TPSA) is 18.5 Å². The zero-order valence-electron chi connectivity index (χ0n) is 9.65. The van der Waals surface area contributed by atoms with E-state index in [1.165, 1.54) is 12.8 Å². The van der Waals surface area contributed by atoms with Gasteiger partial charge in [-0.2, -0.15) is 0 Å². The molecule has 15 heavy (non-hydrogen) atoms. The number of hydrogen-bond donors (Lipinski definition) is 0. The van der Waals surface area contributed by atoms with Gasteiger partial charge >= 0.3 is 0 Å². The van der Waals surface area contributed by atoms with Crippen LogP contribution in [0.1, 0.15) is 51.9 Å². The number of unbranched alkanes of at least 4 members (excludes halogenated alkanes) is 1. The lowest BCUT2D eigenvalue weighted by Crippen LogP contribution is -2.22. The van der Waals surface area contributed by atoms with Crippen molar-refractivity contribution in [2.24, 2.45) is 0 Å². The van der Waals surface area contributed by atoms with Gasteiger partial charge in [-0.3, -0.25) is 0 Å². The molecule has 0 bridgehead atoms. The SMILES string of the molecule is CCCCC1OC2CC/C=C/CCC2O1. The molecule has 0 radical (unpaired) electrons. The lowest BCUT2D eigenvalue weighted by molar-refractivity contribution is -0.0722. The summed E-state index contributed by atoms with van der Waals surface area (Å²) in [4.78, 5) is 0. The van der Waals surface area contributed by atoms with Crippen molar-refractivity contribution in [1.82, 2.24) is 0 Å². The van der Waals surface area contributed by atoms with Crippen molar-refractivity contribution in [3.05, 3.63) is 12.2 Å². The van der Waals surface area contributed by atoms with E-state index in [4.69, 9.17) is 9.47 Å². The Balaban J connectivity index is 1.83. The molecule has 0 amide bonds. The van der Waals surface area contributed by atoms with Gasteiger partial charge in [0.25, 0.3) is 0 Å². The van der Waals surface area contributed by atoms with Crippen LogP contribution in [0.15, 0.2) is 12.2 Å². The summed E-state index contributed by atoms with van der Waals surface area (Å²) in [5, 5.41) is 0. The van der Waals surface area contributed by atoms with Crippen LogP contribution in [0.2, 0.25) is 0 Å². The van der Waals surface area contributed by atoms with Crippen molar-refractivity contribution in [1.29, 1.82) is 0 Å². The van der Waals surface area contributed by atoms with Crippen LogP contribution in [0.3, 0.4) is 0 Å². The highest BCUT2D eigenvalue weighted by Crippen LogP contribution is 2.29. The van der Waals surface area contributed by atoms with Crippen LogP contribution in [0, 0.1) is 0 Å². The smallest absolute Gasteiger partial charge is 0.158 e. The molecule has 1 aliphatic heterocycles. The summed E-state index contributed by atoms with van der Waals surface area (Å²) in [7, 11) is 0. The Morgan fingerprint density at radius 2 is 1.67 bits per heavy atom. The largest absolute Gasteiger partial charge is 0.347 e. The van der Waals surface area contributed by atoms with E-state index in [-0.39, 0.29) is 6.29 Å². The normalized spacial score (nSPS) is 38.1. The molecule has 0 aromatic rings. The third kappa shape index (κ3) is 3.05. The second kappa shape index (κ2) is 5.66. The van der Waals surface area contributed by atoms with Gasteiger partial charge in [-0.15, -0.1) is 0 Å². The lowest BCUT2D eigenvalue weighted by atomic mass is 10.0. The molecule has 2 unspecified atom stereocenters. The van der Waals surface area contributed by atoms with Crippen LogP contribution in [-0.2, 0) is 9.47 Å². The number of fused-ring (bicyclic) bond motifs is 1. The maximum Gasteiger partial charge on any atom is 0.158 e. The third-order valence-corrected chi connectivity index (χ3v) is 3.26. The first kappa shape index (κ1) is 11.2. The average Bonchev–Trinajstić information content (AvgIpc) is 2.57. The number of ether oxygens (including phenoxy) is 2. The summed E-state index contributed by atoms with van der Waals surface area (Å²) in [6, 6.07) is 0. The minimum Gasteiger partial charge on any atom is -0.347 e. The molecule has 0 saturated carbocycles. The van der Waals surface area contributed by atoms with Crippen LogP contribution in [0.5, 0.6) is 0 Å². The van der Waals surface area contributed by atoms with Crippen LogP contribution in [-0.4, -0.2) is 18.5 Å². The Hall–Kier alpha value is -0.340. The van der Waals surface area contributed by atoms with Gasteiger partial charge in [0, 0.05) is 0 Å². The Kier molecular flexibility index (Phi) is 4.21. The molecule has 2 heteroatoms. The van der Waals surface area contributed by atoms with E-state index < -0.39 is 0 Å². The van der Waals surface area contributed by atoms with Crippen LogP contribution in [0.25, 0.3) is 0 Å². The molecule has 1 fully saturated rings. The first-order valence-electron chi connectivity index (χ1n) is 6.36. The number of rotatable bonds is 3. The van der Waals surface area contributed by atoms with Crippen molar-refractivity contribution in [2.75, 3.05) is 0 Å². The maximum atomic E-state index is 5.95. The minimum absolute atomic E-state index is 0.0815. The predicted molar refractivity (Wildman–Crippen MR) is 60.7 cm³/mol. The molecule has 0 N–H and O–H groups in total. The van der Waals surface area contributed by atoms with Gasteiger partial charge in [-0.05, 0) is 38.5 Å². The zero-order valence-corrected chi connectivity index (χ0v) is 9.65. The molecule has 2 rings (SSSR count). The van der Waals surface area contributed by atoms with Gasteiger partial charge in [-0.25, -0.2) is 0 Å². The molecule has 2 atom stereocenters. The first-order chi connectivity index (χ1) is 7.40. The number of allylic oxidation sites excluding steroid dienone is 2. The highest BCUT2D eigenvalue weighted by Gasteiger charge is 2.34. The average molecular weight is 210 g/mol.